The maximum atomic E-state index is 12.8. The van der Waals surface area contributed by atoms with E-state index in [0.717, 1.165) is 25.3 Å². The van der Waals surface area contributed by atoms with E-state index in [1.165, 1.54) is 30.0 Å². The van der Waals surface area contributed by atoms with Crippen LogP contribution in [-0.4, -0.2) is 35.5 Å². The third-order valence-corrected chi connectivity index (χ3v) is 5.62. The molecule has 1 saturated carbocycles. The van der Waals surface area contributed by atoms with Gasteiger partial charge in [-0.05, 0) is 38.0 Å². The second-order valence-corrected chi connectivity index (χ2v) is 7.70. The fourth-order valence-electron chi connectivity index (χ4n) is 3.64. The predicted octanol–water partition coefficient (Wildman–Crippen LogP) is 3.68. The quantitative estimate of drug-likeness (QED) is 0.704. The van der Waals surface area contributed by atoms with Gasteiger partial charge in [-0.3, -0.25) is 9.59 Å². The lowest BCUT2D eigenvalue weighted by molar-refractivity contribution is -0.143. The highest BCUT2D eigenvalue weighted by atomic mass is 35.5. The molecule has 2 aromatic rings. The number of rotatable bonds is 4. The van der Waals surface area contributed by atoms with Gasteiger partial charge in [0.1, 0.15) is 11.1 Å². The third-order valence-electron chi connectivity index (χ3n) is 5.38. The first-order valence-corrected chi connectivity index (χ1v) is 9.78. The summed E-state index contributed by atoms with van der Waals surface area (Å²) >= 11 is 5.88. The molecule has 0 N–H and O–H groups in total. The van der Waals surface area contributed by atoms with Crippen LogP contribution in [0.3, 0.4) is 0 Å². The lowest BCUT2D eigenvalue weighted by atomic mass is 9.81. The van der Waals surface area contributed by atoms with Crippen molar-refractivity contribution in [2.24, 2.45) is 0 Å². The van der Waals surface area contributed by atoms with Crippen LogP contribution in [0.15, 0.2) is 33.5 Å². The van der Waals surface area contributed by atoms with Crippen LogP contribution in [0, 0.1) is 11.3 Å². The number of carbonyl (C=O) groups excluding carboxylic acids is 2. The largest absolute Gasteiger partial charge is 0.449 e. The summed E-state index contributed by atoms with van der Waals surface area (Å²) in [6.07, 6.45) is 2.81. The molecule has 1 fully saturated rings. The Morgan fingerprint density at radius 3 is 2.62 bits per heavy atom. The summed E-state index contributed by atoms with van der Waals surface area (Å²) in [6.45, 7) is 1.43. The van der Waals surface area contributed by atoms with Crippen LogP contribution in [-0.2, 0) is 9.53 Å². The van der Waals surface area contributed by atoms with Gasteiger partial charge in [0, 0.05) is 18.1 Å². The van der Waals surface area contributed by atoms with Crippen LogP contribution in [0.1, 0.15) is 49.6 Å². The van der Waals surface area contributed by atoms with Crippen LogP contribution in [0.2, 0.25) is 5.02 Å². The Hall–Kier alpha value is -2.85. The molecule has 0 aliphatic heterocycles. The standard InChI is InChI=1S/C21H21ClN2O5/c1-13(19(26)24(2)21(12-23)8-4-3-5-9-21)28-20(27)18-11-16(25)15-10-14(22)6-7-17(15)29-18/h6-7,10-11,13H,3-5,8-9H2,1-2H3/t13-/m1/s1. The summed E-state index contributed by atoms with van der Waals surface area (Å²) in [4.78, 5) is 38.8. The fraction of sp³-hybridized carbons (Fsp3) is 0.429. The number of nitriles is 1. The molecule has 1 aromatic heterocycles. The Kier molecular flexibility index (Phi) is 5.94. The molecule has 152 valence electrons. The van der Waals surface area contributed by atoms with Crippen LogP contribution < -0.4 is 5.43 Å². The fourth-order valence-corrected chi connectivity index (χ4v) is 3.81. The lowest BCUT2D eigenvalue weighted by Crippen LogP contribution is -2.53. The van der Waals surface area contributed by atoms with Gasteiger partial charge in [0.15, 0.2) is 11.5 Å². The Morgan fingerprint density at radius 1 is 1.28 bits per heavy atom. The first-order chi connectivity index (χ1) is 13.8. The molecule has 1 heterocycles. The average molecular weight is 417 g/mol. The van der Waals surface area contributed by atoms with Gasteiger partial charge in [0.25, 0.3) is 5.91 Å². The number of amides is 1. The number of ether oxygens (including phenoxy) is 1. The number of hydrogen-bond donors (Lipinski definition) is 0. The molecular formula is C21H21ClN2O5. The van der Waals surface area contributed by atoms with Gasteiger partial charge in [-0.2, -0.15) is 5.26 Å². The minimum atomic E-state index is -1.13. The third kappa shape index (κ3) is 4.13. The van der Waals surface area contributed by atoms with Crippen molar-refractivity contribution in [3.8, 4) is 6.07 Å². The number of halogens is 1. The second kappa shape index (κ2) is 8.26. The summed E-state index contributed by atoms with van der Waals surface area (Å²) in [7, 11) is 1.56. The Bertz CT molecular complexity index is 1050. The van der Waals surface area contributed by atoms with E-state index < -0.39 is 28.9 Å². The van der Waals surface area contributed by atoms with Crippen molar-refractivity contribution in [1.82, 2.24) is 4.90 Å². The molecule has 0 radical (unpaired) electrons. The molecule has 7 nitrogen and oxygen atoms in total. The van der Waals surface area contributed by atoms with Crippen LogP contribution in [0.4, 0.5) is 0 Å². The number of hydrogen-bond acceptors (Lipinski definition) is 6. The first kappa shape index (κ1) is 20.9. The maximum Gasteiger partial charge on any atom is 0.375 e. The van der Waals surface area contributed by atoms with Gasteiger partial charge in [-0.1, -0.05) is 30.9 Å². The molecule has 1 aliphatic rings. The van der Waals surface area contributed by atoms with E-state index in [0.29, 0.717) is 17.9 Å². The number of carbonyl (C=O) groups is 2. The molecule has 1 atom stereocenters. The molecule has 1 amide bonds. The van der Waals surface area contributed by atoms with Crippen molar-refractivity contribution in [3.05, 3.63) is 45.3 Å². The summed E-state index contributed by atoms with van der Waals surface area (Å²) in [6, 6.07) is 7.75. The molecule has 8 heteroatoms. The van der Waals surface area contributed by atoms with E-state index in [2.05, 4.69) is 6.07 Å². The molecule has 1 aliphatic carbocycles. The Balaban J connectivity index is 1.77. The number of nitrogens with zero attached hydrogens (tertiary/aromatic N) is 2. The normalized spacial score (nSPS) is 16.6. The molecule has 0 bridgehead atoms. The van der Waals surface area contributed by atoms with E-state index in [1.807, 2.05) is 0 Å². The molecule has 0 saturated heterocycles. The highest BCUT2D eigenvalue weighted by molar-refractivity contribution is 6.31. The summed E-state index contributed by atoms with van der Waals surface area (Å²) in [5.41, 5.74) is -1.14. The topological polar surface area (TPSA) is 101 Å². The van der Waals surface area contributed by atoms with Crippen molar-refractivity contribution in [3.63, 3.8) is 0 Å². The van der Waals surface area contributed by atoms with E-state index >= 15 is 0 Å². The summed E-state index contributed by atoms with van der Waals surface area (Å²) < 4.78 is 10.7. The van der Waals surface area contributed by atoms with Crippen LogP contribution >= 0.6 is 11.6 Å². The van der Waals surface area contributed by atoms with Gasteiger partial charge >= 0.3 is 5.97 Å². The predicted molar refractivity (Wildman–Crippen MR) is 107 cm³/mol. The number of fused-ring (bicyclic) bond motifs is 1. The van der Waals surface area contributed by atoms with Gasteiger partial charge < -0.3 is 14.1 Å². The average Bonchev–Trinajstić information content (AvgIpc) is 2.73. The Labute approximate surface area is 172 Å². The van der Waals surface area contributed by atoms with E-state index in [1.54, 1.807) is 7.05 Å². The van der Waals surface area contributed by atoms with Crippen molar-refractivity contribution < 1.29 is 18.7 Å². The van der Waals surface area contributed by atoms with Gasteiger partial charge in [0.2, 0.25) is 5.76 Å². The summed E-state index contributed by atoms with van der Waals surface area (Å²) in [5.74, 6) is -1.71. The number of benzene rings is 1. The smallest absolute Gasteiger partial charge is 0.375 e. The van der Waals surface area contributed by atoms with Crippen LogP contribution in [0.25, 0.3) is 11.0 Å². The zero-order valence-corrected chi connectivity index (χ0v) is 17.0. The lowest BCUT2D eigenvalue weighted by Gasteiger charge is -2.39. The molecule has 0 spiro atoms. The molecule has 1 aromatic carbocycles. The van der Waals surface area contributed by atoms with Gasteiger partial charge in [-0.15, -0.1) is 0 Å². The zero-order chi connectivity index (χ0) is 21.2. The van der Waals surface area contributed by atoms with E-state index in [9.17, 15) is 19.6 Å². The molecule has 0 unspecified atom stereocenters. The number of esters is 1. The minimum absolute atomic E-state index is 0.190. The van der Waals surface area contributed by atoms with Gasteiger partial charge in [-0.25, -0.2) is 4.79 Å². The highest BCUT2D eigenvalue weighted by Gasteiger charge is 2.41. The van der Waals surface area contributed by atoms with Gasteiger partial charge in [0.05, 0.1) is 11.5 Å². The highest BCUT2D eigenvalue weighted by Crippen LogP contribution is 2.33. The first-order valence-electron chi connectivity index (χ1n) is 9.41. The van der Waals surface area contributed by atoms with Crippen molar-refractivity contribution in [1.29, 1.82) is 5.26 Å². The van der Waals surface area contributed by atoms with Crippen molar-refractivity contribution in [2.75, 3.05) is 7.05 Å². The van der Waals surface area contributed by atoms with E-state index in [-0.39, 0.29) is 16.7 Å². The maximum absolute atomic E-state index is 12.8. The van der Waals surface area contributed by atoms with Crippen molar-refractivity contribution in [2.45, 2.75) is 50.7 Å². The van der Waals surface area contributed by atoms with Crippen molar-refractivity contribution >= 4 is 34.4 Å². The zero-order valence-electron chi connectivity index (χ0n) is 16.2. The minimum Gasteiger partial charge on any atom is -0.449 e. The molecular weight excluding hydrogens is 396 g/mol. The second-order valence-electron chi connectivity index (χ2n) is 7.26. The molecule has 3 rings (SSSR count). The Morgan fingerprint density at radius 2 is 1.97 bits per heavy atom. The monoisotopic (exact) mass is 416 g/mol. The van der Waals surface area contributed by atoms with Crippen LogP contribution in [0.5, 0.6) is 0 Å². The summed E-state index contributed by atoms with van der Waals surface area (Å²) in [5, 5.41) is 10.3. The number of likely N-dealkylation sites (N-methyl/N-ethyl adjacent to an activating group) is 1. The molecule has 29 heavy (non-hydrogen) atoms. The van der Waals surface area contributed by atoms with E-state index in [4.69, 9.17) is 20.8 Å². The SMILES string of the molecule is C[C@@H](OC(=O)c1cc(=O)c2cc(Cl)ccc2o1)C(=O)N(C)C1(C#N)CCCCC1.